The van der Waals surface area contributed by atoms with E-state index in [0.29, 0.717) is 25.3 Å². The summed E-state index contributed by atoms with van der Waals surface area (Å²) >= 11 is 1.73. The minimum absolute atomic E-state index is 0.000192. The van der Waals surface area contributed by atoms with Gasteiger partial charge in [-0.25, -0.2) is 0 Å². The molecule has 2 aromatic rings. The zero-order valence-corrected chi connectivity index (χ0v) is 18.3. The highest BCUT2D eigenvalue weighted by molar-refractivity contribution is 7.10. The van der Waals surface area contributed by atoms with Crippen LogP contribution >= 0.6 is 11.3 Å². The van der Waals surface area contributed by atoms with E-state index < -0.39 is 0 Å². The highest BCUT2D eigenvalue weighted by atomic mass is 32.1. The van der Waals surface area contributed by atoms with Crippen LogP contribution in [-0.4, -0.2) is 54.5 Å². The topological polar surface area (TPSA) is 59.1 Å². The molecular formula is C23H28N2O4S. The third-order valence-electron chi connectivity index (χ3n) is 5.78. The Hall–Kier alpha value is -2.54. The average molecular weight is 429 g/mol. The van der Waals surface area contributed by atoms with Gasteiger partial charge in [-0.3, -0.25) is 9.59 Å². The van der Waals surface area contributed by atoms with Gasteiger partial charge >= 0.3 is 0 Å². The molecule has 160 valence electrons. The summed E-state index contributed by atoms with van der Waals surface area (Å²) < 4.78 is 11.4. The number of carbonyl (C=O) groups is 2. The molecule has 1 aliphatic heterocycles. The maximum atomic E-state index is 13.3. The monoisotopic (exact) mass is 428 g/mol. The second-order valence-electron chi connectivity index (χ2n) is 7.75. The van der Waals surface area contributed by atoms with E-state index in [1.807, 2.05) is 36.1 Å². The zero-order chi connectivity index (χ0) is 21.1. The largest absolute Gasteiger partial charge is 0.497 e. The molecule has 1 saturated carbocycles. The van der Waals surface area contributed by atoms with Gasteiger partial charge < -0.3 is 19.3 Å². The summed E-state index contributed by atoms with van der Waals surface area (Å²) in [6, 6.07) is 9.66. The third kappa shape index (κ3) is 4.46. The van der Waals surface area contributed by atoms with Crippen LogP contribution in [0.15, 0.2) is 35.7 Å². The van der Waals surface area contributed by atoms with E-state index in [1.165, 1.54) is 4.88 Å². The number of fused-ring (bicyclic) bond motifs is 1. The van der Waals surface area contributed by atoms with Gasteiger partial charge in [0.05, 0.1) is 13.2 Å². The van der Waals surface area contributed by atoms with Crippen molar-refractivity contribution in [2.24, 2.45) is 0 Å². The summed E-state index contributed by atoms with van der Waals surface area (Å²) in [5, 5.41) is 2.08. The van der Waals surface area contributed by atoms with Crippen LogP contribution in [0.2, 0.25) is 0 Å². The van der Waals surface area contributed by atoms with Gasteiger partial charge in [-0.2, -0.15) is 0 Å². The second kappa shape index (κ2) is 9.08. The number of carbonyl (C=O) groups excluding carboxylic acids is 2. The zero-order valence-electron chi connectivity index (χ0n) is 17.5. The van der Waals surface area contributed by atoms with Gasteiger partial charge in [0, 0.05) is 30.0 Å². The fraction of sp³-hybridized carbons (Fsp3) is 0.478. The van der Waals surface area contributed by atoms with Crippen LogP contribution in [-0.2, 0) is 16.0 Å². The van der Waals surface area contributed by atoms with Crippen molar-refractivity contribution >= 4 is 23.2 Å². The fourth-order valence-electron chi connectivity index (χ4n) is 3.99. The van der Waals surface area contributed by atoms with E-state index in [-0.39, 0.29) is 30.4 Å². The first-order chi connectivity index (χ1) is 14.6. The minimum Gasteiger partial charge on any atom is -0.497 e. The number of methoxy groups -OCH3 is 1. The molecule has 1 aromatic carbocycles. The lowest BCUT2D eigenvalue weighted by Crippen LogP contribution is -2.48. The van der Waals surface area contributed by atoms with Crippen molar-refractivity contribution in [3.63, 3.8) is 0 Å². The Labute approximate surface area is 181 Å². The van der Waals surface area contributed by atoms with Crippen molar-refractivity contribution in [2.45, 2.75) is 44.7 Å². The van der Waals surface area contributed by atoms with Gasteiger partial charge in [-0.15, -0.1) is 11.3 Å². The van der Waals surface area contributed by atoms with Gasteiger partial charge in [0.1, 0.15) is 24.7 Å². The Morgan fingerprint density at radius 1 is 1.23 bits per heavy atom. The summed E-state index contributed by atoms with van der Waals surface area (Å²) in [5.74, 6) is 1.51. The number of benzene rings is 1. The molecule has 2 aliphatic rings. The first-order valence-corrected chi connectivity index (χ1v) is 11.4. The molecule has 1 aromatic heterocycles. The van der Waals surface area contributed by atoms with Crippen LogP contribution in [0, 0.1) is 0 Å². The van der Waals surface area contributed by atoms with Crippen LogP contribution in [0.1, 0.15) is 42.7 Å². The van der Waals surface area contributed by atoms with Gasteiger partial charge in [0.2, 0.25) is 11.8 Å². The van der Waals surface area contributed by atoms with E-state index in [4.69, 9.17) is 9.47 Å². The number of amides is 2. The maximum absolute atomic E-state index is 13.3. The maximum Gasteiger partial charge on any atom is 0.242 e. The lowest BCUT2D eigenvalue weighted by molar-refractivity contribution is -0.143. The summed E-state index contributed by atoms with van der Waals surface area (Å²) in [4.78, 5) is 30.6. The molecule has 7 heteroatoms. The molecule has 30 heavy (non-hydrogen) atoms. The van der Waals surface area contributed by atoms with Crippen molar-refractivity contribution in [2.75, 3.05) is 26.8 Å². The smallest absolute Gasteiger partial charge is 0.242 e. The second-order valence-corrected chi connectivity index (χ2v) is 8.75. The lowest BCUT2D eigenvalue weighted by Gasteiger charge is -2.37. The van der Waals surface area contributed by atoms with Crippen molar-refractivity contribution < 1.29 is 19.1 Å². The van der Waals surface area contributed by atoms with E-state index >= 15 is 0 Å². The van der Waals surface area contributed by atoms with Crippen molar-refractivity contribution in [1.82, 2.24) is 9.80 Å². The Morgan fingerprint density at radius 3 is 2.77 bits per heavy atom. The third-order valence-corrected chi connectivity index (χ3v) is 6.78. The van der Waals surface area contributed by atoms with Crippen LogP contribution in [0.25, 0.3) is 0 Å². The standard InChI is InChI=1S/C23H28N2O4S/c1-3-22(26)25(16-7-8-16)14-23(27)24-11-9-21-19(10-12-30-21)20(24)15-29-18-6-4-5-17(13-18)28-2/h4-6,10,12-13,16,20H,3,7-9,11,14-15H2,1-2H3. The first kappa shape index (κ1) is 20.7. The van der Waals surface area contributed by atoms with Crippen LogP contribution < -0.4 is 9.47 Å². The summed E-state index contributed by atoms with van der Waals surface area (Å²) in [5.41, 5.74) is 1.15. The molecule has 0 radical (unpaired) electrons. The number of thiophene rings is 1. The number of hydrogen-bond acceptors (Lipinski definition) is 5. The van der Waals surface area contributed by atoms with Crippen LogP contribution in [0.5, 0.6) is 11.5 Å². The van der Waals surface area contributed by atoms with Crippen molar-refractivity contribution in [1.29, 1.82) is 0 Å². The first-order valence-electron chi connectivity index (χ1n) is 10.5. The molecule has 0 N–H and O–H groups in total. The molecule has 6 nitrogen and oxygen atoms in total. The van der Waals surface area contributed by atoms with Gasteiger partial charge in [-0.1, -0.05) is 13.0 Å². The Kier molecular flexibility index (Phi) is 6.27. The minimum atomic E-state index is -0.156. The predicted molar refractivity (Wildman–Crippen MR) is 116 cm³/mol. The molecule has 1 atom stereocenters. The summed E-state index contributed by atoms with van der Waals surface area (Å²) in [7, 11) is 1.63. The van der Waals surface area contributed by atoms with E-state index in [0.717, 1.165) is 30.6 Å². The van der Waals surface area contributed by atoms with Gasteiger partial charge in [0.25, 0.3) is 0 Å². The molecule has 1 unspecified atom stereocenters. The number of ether oxygens (including phenoxy) is 2. The summed E-state index contributed by atoms with van der Waals surface area (Å²) in [6.07, 6.45) is 3.27. The molecule has 1 aliphatic carbocycles. The number of nitrogens with zero attached hydrogens (tertiary/aromatic N) is 2. The Bertz CT molecular complexity index is 908. The Morgan fingerprint density at radius 2 is 2.03 bits per heavy atom. The van der Waals surface area contributed by atoms with Crippen molar-refractivity contribution in [3.05, 3.63) is 46.2 Å². The molecule has 0 spiro atoms. The summed E-state index contributed by atoms with van der Waals surface area (Å²) in [6.45, 7) is 3.03. The number of hydrogen-bond donors (Lipinski definition) is 0. The Balaban J connectivity index is 1.50. The van der Waals surface area contributed by atoms with Gasteiger partial charge in [0.15, 0.2) is 0 Å². The molecule has 0 bridgehead atoms. The highest BCUT2D eigenvalue weighted by Crippen LogP contribution is 2.35. The quantitative estimate of drug-likeness (QED) is 0.644. The normalized spacial score (nSPS) is 17.9. The van der Waals surface area contributed by atoms with Crippen LogP contribution in [0.4, 0.5) is 0 Å². The SMILES string of the molecule is CCC(=O)N(CC(=O)N1CCc2sccc2C1COc1cccc(OC)c1)C1CC1. The van der Waals surface area contributed by atoms with Crippen LogP contribution in [0.3, 0.4) is 0 Å². The molecule has 2 amide bonds. The molecule has 0 saturated heterocycles. The molecular weight excluding hydrogens is 400 g/mol. The fourth-order valence-corrected chi connectivity index (χ4v) is 4.92. The lowest BCUT2D eigenvalue weighted by atomic mass is 10.0. The molecule has 1 fully saturated rings. The van der Waals surface area contributed by atoms with E-state index in [2.05, 4.69) is 11.4 Å². The predicted octanol–water partition coefficient (Wildman–Crippen LogP) is 3.66. The van der Waals surface area contributed by atoms with E-state index in [9.17, 15) is 9.59 Å². The molecule has 4 rings (SSSR count). The van der Waals surface area contributed by atoms with E-state index in [1.54, 1.807) is 23.3 Å². The number of rotatable bonds is 8. The van der Waals surface area contributed by atoms with Crippen molar-refractivity contribution in [3.8, 4) is 11.5 Å². The highest BCUT2D eigenvalue weighted by Gasteiger charge is 2.37. The average Bonchev–Trinajstić information content (AvgIpc) is 3.50. The molecule has 2 heterocycles. The van der Waals surface area contributed by atoms with Gasteiger partial charge in [-0.05, 0) is 48.4 Å².